The van der Waals surface area contributed by atoms with Crippen molar-refractivity contribution in [1.82, 2.24) is 5.32 Å². The maximum absolute atomic E-state index is 13.0. The molecule has 0 aliphatic carbocycles. The predicted molar refractivity (Wildman–Crippen MR) is 57.4 cm³/mol. The van der Waals surface area contributed by atoms with Crippen molar-refractivity contribution < 1.29 is 28.6 Å². The van der Waals surface area contributed by atoms with Crippen LogP contribution in [0, 0.1) is 11.6 Å². The van der Waals surface area contributed by atoms with Gasteiger partial charge in [0.25, 0.3) is 5.91 Å². The van der Waals surface area contributed by atoms with E-state index in [9.17, 15) is 18.4 Å². The molecule has 0 heterocycles. The number of aliphatic hydroxyl groups excluding tert-OH is 1. The van der Waals surface area contributed by atoms with Crippen LogP contribution in [0.25, 0.3) is 0 Å². The van der Waals surface area contributed by atoms with Crippen molar-refractivity contribution in [3.05, 3.63) is 34.9 Å². The van der Waals surface area contributed by atoms with Gasteiger partial charge in [-0.15, -0.1) is 0 Å². The summed E-state index contributed by atoms with van der Waals surface area (Å²) in [4.78, 5) is 22.4. The molecule has 0 atom stereocenters. The number of hydrogen-bond donors (Lipinski definition) is 3. The molecule has 5 nitrogen and oxygen atoms in total. The van der Waals surface area contributed by atoms with Gasteiger partial charge >= 0.3 is 5.97 Å². The van der Waals surface area contributed by atoms with Crippen LogP contribution in [0.4, 0.5) is 8.78 Å². The lowest BCUT2D eigenvalue weighted by Gasteiger charge is -2.07. The Morgan fingerprint density at radius 1 is 1.17 bits per heavy atom. The number of rotatable bonds is 5. The minimum atomic E-state index is -1.53. The SMILES string of the molecule is O=C(O)c1cc(F)c(F)cc1C(=O)NCCCO. The minimum Gasteiger partial charge on any atom is -0.478 e. The topological polar surface area (TPSA) is 86.6 Å². The monoisotopic (exact) mass is 259 g/mol. The van der Waals surface area contributed by atoms with Crippen molar-refractivity contribution in [2.24, 2.45) is 0 Å². The second kappa shape index (κ2) is 6.06. The number of carbonyl (C=O) groups excluding carboxylic acids is 1. The normalized spacial score (nSPS) is 10.2. The fourth-order valence-corrected chi connectivity index (χ4v) is 1.29. The third-order valence-electron chi connectivity index (χ3n) is 2.16. The van der Waals surface area contributed by atoms with Gasteiger partial charge in [0.1, 0.15) is 0 Å². The lowest BCUT2D eigenvalue weighted by Crippen LogP contribution is -2.27. The highest BCUT2D eigenvalue weighted by Crippen LogP contribution is 2.15. The first-order valence-electron chi connectivity index (χ1n) is 5.08. The molecule has 18 heavy (non-hydrogen) atoms. The van der Waals surface area contributed by atoms with E-state index in [1.165, 1.54) is 0 Å². The lowest BCUT2D eigenvalue weighted by atomic mass is 10.1. The highest BCUT2D eigenvalue weighted by molar-refractivity contribution is 6.04. The van der Waals surface area contributed by atoms with Gasteiger partial charge in [0.05, 0.1) is 11.1 Å². The zero-order valence-corrected chi connectivity index (χ0v) is 9.24. The van der Waals surface area contributed by atoms with Gasteiger partial charge in [-0.2, -0.15) is 0 Å². The van der Waals surface area contributed by atoms with E-state index in [0.29, 0.717) is 12.1 Å². The number of carboxylic acids is 1. The van der Waals surface area contributed by atoms with Crippen LogP contribution in [0.15, 0.2) is 12.1 Å². The standard InChI is InChI=1S/C11H11F2NO4/c12-8-4-6(10(16)14-2-1-3-15)7(11(17)18)5-9(8)13/h4-5,15H,1-3H2,(H,14,16)(H,17,18). The second-order valence-corrected chi connectivity index (χ2v) is 3.45. The molecule has 3 N–H and O–H groups in total. The van der Waals surface area contributed by atoms with Crippen molar-refractivity contribution in [3.8, 4) is 0 Å². The summed E-state index contributed by atoms with van der Waals surface area (Å²) in [5.41, 5.74) is -1.07. The van der Waals surface area contributed by atoms with Gasteiger partial charge < -0.3 is 15.5 Å². The van der Waals surface area contributed by atoms with Gasteiger partial charge in [-0.05, 0) is 18.6 Å². The van der Waals surface area contributed by atoms with E-state index in [1.54, 1.807) is 0 Å². The van der Waals surface area contributed by atoms with Gasteiger partial charge in [0.15, 0.2) is 11.6 Å². The van der Waals surface area contributed by atoms with Crippen molar-refractivity contribution >= 4 is 11.9 Å². The molecule has 0 unspecified atom stereocenters. The summed E-state index contributed by atoms with van der Waals surface area (Å²) < 4.78 is 25.9. The first-order chi connectivity index (χ1) is 8.47. The minimum absolute atomic E-state index is 0.105. The molecule has 0 saturated carbocycles. The molecule has 0 aliphatic rings. The molecule has 0 saturated heterocycles. The molecule has 1 aromatic rings. The Kier molecular flexibility index (Phi) is 4.73. The molecule has 7 heteroatoms. The summed E-state index contributed by atoms with van der Waals surface area (Å²) in [6, 6.07) is 0.992. The van der Waals surface area contributed by atoms with Gasteiger partial charge in [0, 0.05) is 13.2 Å². The van der Waals surface area contributed by atoms with Gasteiger partial charge in [-0.1, -0.05) is 0 Å². The van der Waals surface area contributed by atoms with E-state index in [2.05, 4.69) is 5.32 Å². The van der Waals surface area contributed by atoms with Crippen LogP contribution in [0.5, 0.6) is 0 Å². The van der Waals surface area contributed by atoms with Crippen LogP contribution in [0.2, 0.25) is 0 Å². The van der Waals surface area contributed by atoms with E-state index in [4.69, 9.17) is 10.2 Å². The molecule has 98 valence electrons. The Morgan fingerprint density at radius 2 is 1.72 bits per heavy atom. The van der Waals surface area contributed by atoms with Crippen LogP contribution in [0.3, 0.4) is 0 Å². The van der Waals surface area contributed by atoms with Crippen LogP contribution < -0.4 is 5.32 Å². The number of aromatic carboxylic acids is 1. The Hall–Kier alpha value is -2.02. The Bertz CT molecular complexity index is 476. The van der Waals surface area contributed by atoms with Crippen molar-refractivity contribution in [1.29, 1.82) is 0 Å². The number of aliphatic hydroxyl groups is 1. The number of benzene rings is 1. The zero-order chi connectivity index (χ0) is 13.7. The van der Waals surface area contributed by atoms with Crippen molar-refractivity contribution in [2.75, 3.05) is 13.2 Å². The molecule has 1 rings (SSSR count). The maximum Gasteiger partial charge on any atom is 0.336 e. The lowest BCUT2D eigenvalue weighted by molar-refractivity contribution is 0.0690. The van der Waals surface area contributed by atoms with E-state index < -0.39 is 34.6 Å². The molecule has 0 bridgehead atoms. The molecule has 0 radical (unpaired) electrons. The highest BCUT2D eigenvalue weighted by atomic mass is 19.2. The number of carboxylic acid groups (broad SMARTS) is 1. The van der Waals surface area contributed by atoms with E-state index >= 15 is 0 Å². The summed E-state index contributed by atoms with van der Waals surface area (Å²) in [5.74, 6) is -4.99. The second-order valence-electron chi connectivity index (χ2n) is 3.45. The molecule has 0 aromatic heterocycles. The average Bonchev–Trinajstić information content (AvgIpc) is 2.32. The molecular weight excluding hydrogens is 248 g/mol. The van der Waals surface area contributed by atoms with E-state index in [-0.39, 0.29) is 19.6 Å². The van der Waals surface area contributed by atoms with Crippen LogP contribution in [-0.4, -0.2) is 35.2 Å². The van der Waals surface area contributed by atoms with Crippen LogP contribution >= 0.6 is 0 Å². The summed E-state index contributed by atoms with van der Waals surface area (Å²) in [6.07, 6.45) is 0.276. The largest absolute Gasteiger partial charge is 0.478 e. The average molecular weight is 259 g/mol. The summed E-state index contributed by atoms with van der Waals surface area (Å²) in [5, 5.41) is 19.6. The molecule has 1 aromatic carbocycles. The third kappa shape index (κ3) is 3.24. The Labute approximate surface area is 101 Å². The summed E-state index contributed by atoms with van der Waals surface area (Å²) in [6.45, 7) is -0.0444. The third-order valence-corrected chi connectivity index (χ3v) is 2.16. The van der Waals surface area contributed by atoms with Crippen LogP contribution in [-0.2, 0) is 0 Å². The van der Waals surface area contributed by atoms with Gasteiger partial charge in [-0.3, -0.25) is 4.79 Å². The molecule has 0 spiro atoms. The fourth-order valence-electron chi connectivity index (χ4n) is 1.29. The Balaban J connectivity index is 3.02. The van der Waals surface area contributed by atoms with Gasteiger partial charge in [0.2, 0.25) is 0 Å². The quantitative estimate of drug-likeness (QED) is 0.682. The maximum atomic E-state index is 13.0. The highest BCUT2D eigenvalue weighted by Gasteiger charge is 2.20. The zero-order valence-electron chi connectivity index (χ0n) is 9.24. The molecule has 0 aliphatic heterocycles. The smallest absolute Gasteiger partial charge is 0.336 e. The molecular formula is C11H11F2NO4. The molecule has 1 amide bonds. The summed E-state index contributed by atoms with van der Waals surface area (Å²) >= 11 is 0. The van der Waals surface area contributed by atoms with E-state index in [0.717, 1.165) is 0 Å². The van der Waals surface area contributed by atoms with E-state index in [1.807, 2.05) is 0 Å². The summed E-state index contributed by atoms with van der Waals surface area (Å²) in [7, 11) is 0. The first kappa shape index (κ1) is 14.0. The number of carbonyl (C=O) groups is 2. The van der Waals surface area contributed by atoms with Crippen LogP contribution in [0.1, 0.15) is 27.1 Å². The van der Waals surface area contributed by atoms with Gasteiger partial charge in [-0.25, -0.2) is 13.6 Å². The number of amides is 1. The number of halogens is 2. The van der Waals surface area contributed by atoms with Crippen molar-refractivity contribution in [3.63, 3.8) is 0 Å². The predicted octanol–water partition coefficient (Wildman–Crippen LogP) is 0.775. The number of nitrogens with one attached hydrogen (secondary N) is 1. The van der Waals surface area contributed by atoms with Crippen molar-refractivity contribution in [2.45, 2.75) is 6.42 Å². The fraction of sp³-hybridized carbons (Fsp3) is 0.273. The Morgan fingerprint density at radius 3 is 2.22 bits per heavy atom. The first-order valence-corrected chi connectivity index (χ1v) is 5.08. The number of hydrogen-bond acceptors (Lipinski definition) is 3. The molecule has 0 fully saturated rings.